The second kappa shape index (κ2) is 5.94. The van der Waals surface area contributed by atoms with Crippen LogP contribution in [0.15, 0.2) is 22.8 Å². The van der Waals surface area contributed by atoms with Crippen LogP contribution in [0.2, 0.25) is 0 Å². The van der Waals surface area contributed by atoms with Crippen LogP contribution in [0.5, 0.6) is 0 Å². The van der Waals surface area contributed by atoms with Crippen LogP contribution in [0, 0.1) is 0 Å². The molecule has 3 heterocycles. The molecule has 1 aromatic rings. The number of rotatable bonds is 1. The van der Waals surface area contributed by atoms with E-state index in [0.29, 0.717) is 12.3 Å². The number of carbonyl (C=O) groups excluding carboxylic acids is 1. The molecular formula is C13H19ClN2O3. The zero-order chi connectivity index (χ0) is 12.4. The minimum Gasteiger partial charge on any atom is -0.459 e. The fourth-order valence-corrected chi connectivity index (χ4v) is 2.80. The average molecular weight is 287 g/mol. The fourth-order valence-electron chi connectivity index (χ4n) is 2.80. The number of hydrogen-bond donors (Lipinski definition) is 1. The van der Waals surface area contributed by atoms with Gasteiger partial charge in [-0.3, -0.25) is 4.79 Å². The van der Waals surface area contributed by atoms with Gasteiger partial charge in [-0.15, -0.1) is 12.4 Å². The van der Waals surface area contributed by atoms with Gasteiger partial charge in [0.05, 0.1) is 25.0 Å². The first kappa shape index (κ1) is 14.4. The fraction of sp³-hybridized carbons (Fsp3) is 0.615. The third-order valence-corrected chi connectivity index (χ3v) is 3.69. The Labute approximate surface area is 118 Å². The molecule has 1 aromatic heterocycles. The lowest BCUT2D eigenvalue weighted by Crippen LogP contribution is -2.59. The van der Waals surface area contributed by atoms with Gasteiger partial charge in [0.25, 0.3) is 5.91 Å². The third-order valence-electron chi connectivity index (χ3n) is 3.69. The number of ether oxygens (including phenoxy) is 1. The van der Waals surface area contributed by atoms with Crippen molar-refractivity contribution in [3.05, 3.63) is 24.2 Å². The molecule has 0 radical (unpaired) electrons. The van der Waals surface area contributed by atoms with Gasteiger partial charge in [-0.25, -0.2) is 0 Å². The summed E-state index contributed by atoms with van der Waals surface area (Å²) in [6.07, 6.45) is 3.53. The van der Waals surface area contributed by atoms with Crippen LogP contribution in [0.4, 0.5) is 0 Å². The van der Waals surface area contributed by atoms with Gasteiger partial charge in [0, 0.05) is 19.6 Å². The summed E-state index contributed by atoms with van der Waals surface area (Å²) < 4.78 is 11.1. The SMILES string of the molecule is Cl.O=C(c1ccco1)N1CCCC2(CNCCO2)C1. The number of piperidine rings is 1. The molecule has 0 saturated carbocycles. The molecule has 1 spiro atoms. The minimum absolute atomic E-state index is 0. The summed E-state index contributed by atoms with van der Waals surface area (Å²) >= 11 is 0. The second-order valence-corrected chi connectivity index (χ2v) is 5.02. The number of halogens is 1. The smallest absolute Gasteiger partial charge is 0.289 e. The maximum Gasteiger partial charge on any atom is 0.289 e. The Morgan fingerprint density at radius 3 is 3.05 bits per heavy atom. The molecule has 1 unspecified atom stereocenters. The Bertz CT molecular complexity index is 410. The van der Waals surface area contributed by atoms with Gasteiger partial charge in [-0.05, 0) is 25.0 Å². The molecule has 2 saturated heterocycles. The van der Waals surface area contributed by atoms with E-state index >= 15 is 0 Å². The standard InChI is InChI=1S/C13H18N2O3.ClH/c16-12(11-3-1-7-17-11)15-6-2-4-13(10-15)9-14-5-8-18-13;/h1,3,7,14H,2,4-6,8-10H2;1H. The normalized spacial score (nSPS) is 27.1. The molecule has 19 heavy (non-hydrogen) atoms. The Morgan fingerprint density at radius 1 is 1.47 bits per heavy atom. The quantitative estimate of drug-likeness (QED) is 0.845. The lowest BCUT2D eigenvalue weighted by Gasteiger charge is -2.44. The first-order valence-corrected chi connectivity index (χ1v) is 6.47. The van der Waals surface area contributed by atoms with Crippen molar-refractivity contribution in [1.29, 1.82) is 0 Å². The van der Waals surface area contributed by atoms with Crippen molar-refractivity contribution < 1.29 is 13.9 Å². The highest BCUT2D eigenvalue weighted by atomic mass is 35.5. The van der Waals surface area contributed by atoms with E-state index in [-0.39, 0.29) is 23.9 Å². The number of hydrogen-bond acceptors (Lipinski definition) is 4. The van der Waals surface area contributed by atoms with E-state index in [0.717, 1.165) is 39.1 Å². The van der Waals surface area contributed by atoms with Crippen LogP contribution in [-0.4, -0.2) is 49.2 Å². The van der Waals surface area contributed by atoms with Crippen molar-refractivity contribution in [1.82, 2.24) is 10.2 Å². The van der Waals surface area contributed by atoms with Crippen molar-refractivity contribution in [2.75, 3.05) is 32.8 Å². The van der Waals surface area contributed by atoms with Gasteiger partial charge in [-0.1, -0.05) is 0 Å². The van der Waals surface area contributed by atoms with Gasteiger partial charge in [0.1, 0.15) is 0 Å². The predicted octanol–water partition coefficient (Wildman–Crippen LogP) is 1.30. The largest absolute Gasteiger partial charge is 0.459 e. The van der Waals surface area contributed by atoms with Crippen LogP contribution in [0.3, 0.4) is 0 Å². The molecule has 1 atom stereocenters. The highest BCUT2D eigenvalue weighted by Crippen LogP contribution is 2.27. The Kier molecular flexibility index (Phi) is 4.50. The van der Waals surface area contributed by atoms with E-state index in [9.17, 15) is 4.79 Å². The number of carbonyl (C=O) groups is 1. The highest BCUT2D eigenvalue weighted by molar-refractivity contribution is 5.91. The van der Waals surface area contributed by atoms with Crippen LogP contribution in [-0.2, 0) is 4.74 Å². The van der Waals surface area contributed by atoms with E-state index in [1.807, 2.05) is 4.90 Å². The van der Waals surface area contributed by atoms with Crippen LogP contribution in [0.25, 0.3) is 0 Å². The van der Waals surface area contributed by atoms with Gasteiger partial charge in [-0.2, -0.15) is 0 Å². The molecule has 1 N–H and O–H groups in total. The number of likely N-dealkylation sites (tertiary alicyclic amines) is 1. The van der Waals surface area contributed by atoms with E-state index in [4.69, 9.17) is 9.15 Å². The number of furan rings is 1. The molecule has 0 aliphatic carbocycles. The van der Waals surface area contributed by atoms with E-state index in [1.54, 1.807) is 12.1 Å². The average Bonchev–Trinajstić information content (AvgIpc) is 2.93. The molecule has 6 heteroatoms. The summed E-state index contributed by atoms with van der Waals surface area (Å²) in [5, 5.41) is 3.35. The van der Waals surface area contributed by atoms with Gasteiger partial charge >= 0.3 is 0 Å². The van der Waals surface area contributed by atoms with Crippen molar-refractivity contribution in [2.45, 2.75) is 18.4 Å². The topological polar surface area (TPSA) is 54.7 Å². The van der Waals surface area contributed by atoms with E-state index in [2.05, 4.69) is 5.32 Å². The molecule has 5 nitrogen and oxygen atoms in total. The lowest BCUT2D eigenvalue weighted by molar-refractivity contribution is -0.0991. The summed E-state index contributed by atoms with van der Waals surface area (Å²) in [7, 11) is 0. The molecule has 0 bridgehead atoms. The van der Waals surface area contributed by atoms with Crippen molar-refractivity contribution in [2.24, 2.45) is 0 Å². The van der Waals surface area contributed by atoms with Crippen LogP contribution >= 0.6 is 12.4 Å². The Balaban J connectivity index is 0.00000133. The predicted molar refractivity (Wildman–Crippen MR) is 72.6 cm³/mol. The maximum atomic E-state index is 12.2. The number of nitrogens with zero attached hydrogens (tertiary/aromatic N) is 1. The second-order valence-electron chi connectivity index (χ2n) is 5.02. The monoisotopic (exact) mass is 286 g/mol. The first-order valence-electron chi connectivity index (χ1n) is 6.47. The van der Waals surface area contributed by atoms with E-state index < -0.39 is 0 Å². The van der Waals surface area contributed by atoms with Gasteiger partial charge in [0.15, 0.2) is 5.76 Å². The van der Waals surface area contributed by atoms with Crippen molar-refractivity contribution in [3.8, 4) is 0 Å². The molecule has 2 fully saturated rings. The summed E-state index contributed by atoms with van der Waals surface area (Å²) in [5.41, 5.74) is -0.196. The van der Waals surface area contributed by atoms with E-state index in [1.165, 1.54) is 6.26 Å². The van der Waals surface area contributed by atoms with Crippen molar-refractivity contribution in [3.63, 3.8) is 0 Å². The molecule has 3 rings (SSSR count). The van der Waals surface area contributed by atoms with Gasteiger partial charge in [0.2, 0.25) is 0 Å². The van der Waals surface area contributed by atoms with Gasteiger partial charge < -0.3 is 19.4 Å². The molecule has 1 amide bonds. The molecular weight excluding hydrogens is 268 g/mol. The van der Waals surface area contributed by atoms with Crippen LogP contribution in [0.1, 0.15) is 23.4 Å². The minimum atomic E-state index is -0.196. The molecule has 0 aromatic carbocycles. The molecule has 2 aliphatic rings. The summed E-state index contributed by atoms with van der Waals surface area (Å²) in [5.74, 6) is 0.379. The number of morpholine rings is 1. The first-order chi connectivity index (χ1) is 8.79. The van der Waals surface area contributed by atoms with Crippen LogP contribution < -0.4 is 5.32 Å². The third kappa shape index (κ3) is 2.94. The lowest BCUT2D eigenvalue weighted by atomic mass is 9.91. The molecule has 2 aliphatic heterocycles. The highest BCUT2D eigenvalue weighted by Gasteiger charge is 2.39. The molecule has 106 valence electrons. The summed E-state index contributed by atoms with van der Waals surface area (Å²) in [6.45, 7) is 3.88. The summed E-state index contributed by atoms with van der Waals surface area (Å²) in [4.78, 5) is 14.1. The number of nitrogens with one attached hydrogen (secondary N) is 1. The zero-order valence-corrected chi connectivity index (χ0v) is 11.6. The summed E-state index contributed by atoms with van der Waals surface area (Å²) in [6, 6.07) is 3.45. The van der Waals surface area contributed by atoms with Crippen molar-refractivity contribution >= 4 is 18.3 Å². The maximum absolute atomic E-state index is 12.2. The Hall–Kier alpha value is -1.04. The Morgan fingerprint density at radius 2 is 2.37 bits per heavy atom. The number of amides is 1. The zero-order valence-electron chi connectivity index (χ0n) is 10.8.